The highest BCUT2D eigenvalue weighted by Gasteiger charge is 2.22. The maximum absolute atomic E-state index is 4.66. The van der Waals surface area contributed by atoms with Crippen molar-refractivity contribution in [2.45, 2.75) is 71.9 Å². The Hall–Kier alpha value is -0.410. The molecule has 2 rings (SSSR count). The van der Waals surface area contributed by atoms with E-state index in [0.29, 0.717) is 12.1 Å². The molecule has 102 valence electrons. The van der Waals surface area contributed by atoms with Crippen molar-refractivity contribution >= 4 is 11.3 Å². The van der Waals surface area contributed by atoms with E-state index in [4.69, 9.17) is 0 Å². The second kappa shape index (κ2) is 6.16. The standard InChI is InChI=1S/C15H26N2S/c1-10(14-8-6-5-7-9-14)16-11(2)15-12(3)18-13(4)17-15/h10-11,14,16H,5-9H2,1-4H3. The molecule has 1 N–H and O–H groups in total. The molecule has 1 aromatic rings. The van der Waals surface area contributed by atoms with E-state index in [1.54, 1.807) is 0 Å². The molecule has 0 saturated heterocycles. The number of aryl methyl sites for hydroxylation is 2. The van der Waals surface area contributed by atoms with Crippen molar-refractivity contribution in [1.29, 1.82) is 0 Å². The predicted molar refractivity (Wildman–Crippen MR) is 79.2 cm³/mol. The van der Waals surface area contributed by atoms with Gasteiger partial charge < -0.3 is 5.32 Å². The van der Waals surface area contributed by atoms with Gasteiger partial charge in [-0.15, -0.1) is 11.3 Å². The molecular formula is C15H26N2S. The molecule has 2 atom stereocenters. The van der Waals surface area contributed by atoms with E-state index in [2.05, 4.69) is 38.0 Å². The zero-order valence-corrected chi connectivity index (χ0v) is 12.9. The van der Waals surface area contributed by atoms with Gasteiger partial charge in [-0.3, -0.25) is 0 Å². The summed E-state index contributed by atoms with van der Waals surface area (Å²) in [6, 6.07) is 0.994. The maximum Gasteiger partial charge on any atom is 0.0900 e. The quantitative estimate of drug-likeness (QED) is 0.875. The average Bonchev–Trinajstić information content (AvgIpc) is 2.69. The van der Waals surface area contributed by atoms with Crippen LogP contribution in [0.1, 0.15) is 67.6 Å². The van der Waals surface area contributed by atoms with Crippen LogP contribution in [0.5, 0.6) is 0 Å². The Morgan fingerprint density at radius 3 is 2.39 bits per heavy atom. The minimum atomic E-state index is 0.381. The van der Waals surface area contributed by atoms with Gasteiger partial charge in [-0.25, -0.2) is 4.98 Å². The third-order valence-electron chi connectivity index (χ3n) is 4.22. The molecule has 1 heterocycles. The van der Waals surface area contributed by atoms with Gasteiger partial charge in [0.2, 0.25) is 0 Å². The molecule has 0 aromatic carbocycles. The Bertz CT molecular complexity index is 380. The number of aromatic nitrogens is 1. The second-order valence-electron chi connectivity index (χ2n) is 5.75. The summed E-state index contributed by atoms with van der Waals surface area (Å²) >= 11 is 1.81. The molecule has 0 spiro atoms. The minimum Gasteiger partial charge on any atom is -0.306 e. The van der Waals surface area contributed by atoms with E-state index in [1.165, 1.54) is 47.7 Å². The number of thiazole rings is 1. The van der Waals surface area contributed by atoms with Crippen molar-refractivity contribution in [1.82, 2.24) is 10.3 Å². The van der Waals surface area contributed by atoms with Crippen LogP contribution in [0, 0.1) is 19.8 Å². The van der Waals surface area contributed by atoms with E-state index < -0.39 is 0 Å². The molecule has 0 aliphatic heterocycles. The molecule has 0 amide bonds. The van der Waals surface area contributed by atoms with Crippen LogP contribution in [0.2, 0.25) is 0 Å². The molecule has 1 aliphatic rings. The van der Waals surface area contributed by atoms with Crippen molar-refractivity contribution in [2.24, 2.45) is 5.92 Å². The Balaban J connectivity index is 1.93. The fraction of sp³-hybridized carbons (Fsp3) is 0.800. The summed E-state index contributed by atoms with van der Waals surface area (Å²) in [5.41, 5.74) is 1.25. The Labute approximate surface area is 115 Å². The highest BCUT2D eigenvalue weighted by atomic mass is 32.1. The van der Waals surface area contributed by atoms with Gasteiger partial charge in [0.25, 0.3) is 0 Å². The van der Waals surface area contributed by atoms with E-state index in [9.17, 15) is 0 Å². The lowest BCUT2D eigenvalue weighted by Crippen LogP contribution is -2.36. The maximum atomic E-state index is 4.66. The molecular weight excluding hydrogens is 240 g/mol. The van der Waals surface area contributed by atoms with Crippen LogP contribution in [0.25, 0.3) is 0 Å². The summed E-state index contributed by atoms with van der Waals surface area (Å²) in [6.45, 7) is 8.88. The topological polar surface area (TPSA) is 24.9 Å². The summed E-state index contributed by atoms with van der Waals surface area (Å²) in [7, 11) is 0. The van der Waals surface area contributed by atoms with Gasteiger partial charge in [-0.05, 0) is 46.5 Å². The van der Waals surface area contributed by atoms with Gasteiger partial charge in [0.05, 0.1) is 10.7 Å². The zero-order valence-electron chi connectivity index (χ0n) is 12.1. The number of hydrogen-bond acceptors (Lipinski definition) is 3. The molecule has 1 saturated carbocycles. The smallest absolute Gasteiger partial charge is 0.0900 e. The number of nitrogens with zero attached hydrogens (tertiary/aromatic N) is 1. The van der Waals surface area contributed by atoms with Gasteiger partial charge in [0.1, 0.15) is 0 Å². The fourth-order valence-corrected chi connectivity index (χ4v) is 4.10. The summed E-state index contributed by atoms with van der Waals surface area (Å²) in [5, 5.41) is 4.95. The van der Waals surface area contributed by atoms with Crippen LogP contribution in [0.3, 0.4) is 0 Å². The summed E-state index contributed by atoms with van der Waals surface area (Å²) in [4.78, 5) is 6.03. The molecule has 18 heavy (non-hydrogen) atoms. The van der Waals surface area contributed by atoms with Gasteiger partial charge in [-0.2, -0.15) is 0 Å². The van der Waals surface area contributed by atoms with Gasteiger partial charge >= 0.3 is 0 Å². The van der Waals surface area contributed by atoms with Crippen LogP contribution >= 0.6 is 11.3 Å². The first-order valence-electron chi connectivity index (χ1n) is 7.28. The highest BCUT2D eigenvalue weighted by Crippen LogP contribution is 2.28. The monoisotopic (exact) mass is 266 g/mol. The van der Waals surface area contributed by atoms with Crippen LogP contribution in [0.4, 0.5) is 0 Å². The Morgan fingerprint density at radius 2 is 1.83 bits per heavy atom. The first-order valence-corrected chi connectivity index (χ1v) is 8.09. The van der Waals surface area contributed by atoms with Gasteiger partial charge in [-0.1, -0.05) is 19.3 Å². The second-order valence-corrected chi connectivity index (χ2v) is 7.16. The molecule has 2 unspecified atom stereocenters. The van der Waals surface area contributed by atoms with Crippen molar-refractivity contribution in [3.05, 3.63) is 15.6 Å². The van der Waals surface area contributed by atoms with Crippen LogP contribution in [-0.4, -0.2) is 11.0 Å². The molecule has 1 fully saturated rings. The number of rotatable bonds is 4. The van der Waals surface area contributed by atoms with Crippen molar-refractivity contribution in [2.75, 3.05) is 0 Å². The Kier molecular flexibility index (Phi) is 4.79. The zero-order chi connectivity index (χ0) is 13.1. The lowest BCUT2D eigenvalue weighted by atomic mass is 9.84. The summed E-state index contributed by atoms with van der Waals surface area (Å²) in [5.74, 6) is 0.862. The normalized spacial score (nSPS) is 20.9. The van der Waals surface area contributed by atoms with E-state index >= 15 is 0 Å². The average molecular weight is 266 g/mol. The summed E-state index contributed by atoms with van der Waals surface area (Å²) < 4.78 is 0. The third kappa shape index (κ3) is 3.33. The van der Waals surface area contributed by atoms with Crippen LogP contribution in [-0.2, 0) is 0 Å². The van der Waals surface area contributed by atoms with Crippen LogP contribution < -0.4 is 5.32 Å². The van der Waals surface area contributed by atoms with Crippen molar-refractivity contribution in [3.8, 4) is 0 Å². The molecule has 3 heteroatoms. The predicted octanol–water partition coefficient (Wildman–Crippen LogP) is 4.38. The van der Waals surface area contributed by atoms with E-state index in [0.717, 1.165) is 5.92 Å². The SMILES string of the molecule is Cc1nc(C(C)NC(C)C2CCCCC2)c(C)s1. The molecule has 0 bridgehead atoms. The molecule has 1 aliphatic carbocycles. The van der Waals surface area contributed by atoms with Crippen LogP contribution in [0.15, 0.2) is 0 Å². The largest absolute Gasteiger partial charge is 0.306 e. The summed E-state index contributed by atoms with van der Waals surface area (Å²) in [6.07, 6.45) is 7.06. The first kappa shape index (κ1) is 14.0. The molecule has 1 aromatic heterocycles. The third-order valence-corrected chi connectivity index (χ3v) is 5.12. The molecule has 2 nitrogen and oxygen atoms in total. The Morgan fingerprint density at radius 1 is 1.17 bits per heavy atom. The first-order chi connectivity index (χ1) is 8.58. The van der Waals surface area contributed by atoms with Gasteiger partial charge in [0, 0.05) is 17.0 Å². The van der Waals surface area contributed by atoms with E-state index in [1.807, 2.05) is 11.3 Å². The molecule has 0 radical (unpaired) electrons. The lowest BCUT2D eigenvalue weighted by Gasteiger charge is -2.30. The number of nitrogens with one attached hydrogen (secondary N) is 1. The highest BCUT2D eigenvalue weighted by molar-refractivity contribution is 7.11. The van der Waals surface area contributed by atoms with Crippen molar-refractivity contribution < 1.29 is 0 Å². The number of hydrogen-bond donors (Lipinski definition) is 1. The minimum absolute atomic E-state index is 0.381. The van der Waals surface area contributed by atoms with E-state index in [-0.39, 0.29) is 0 Å². The fourth-order valence-electron chi connectivity index (χ4n) is 3.19. The van der Waals surface area contributed by atoms with Gasteiger partial charge in [0.15, 0.2) is 0 Å². The lowest BCUT2D eigenvalue weighted by molar-refractivity contribution is 0.267. The van der Waals surface area contributed by atoms with Crippen molar-refractivity contribution in [3.63, 3.8) is 0 Å².